The van der Waals surface area contributed by atoms with Crippen LogP contribution in [0.15, 0.2) is 48.5 Å². The number of rotatable bonds is 7. The van der Waals surface area contributed by atoms with E-state index >= 15 is 0 Å². The Labute approximate surface area is 227 Å². The van der Waals surface area contributed by atoms with E-state index in [9.17, 15) is 18.0 Å². The van der Waals surface area contributed by atoms with E-state index in [4.69, 9.17) is 4.98 Å². The first-order chi connectivity index (χ1) is 18.3. The van der Waals surface area contributed by atoms with Gasteiger partial charge in [-0.3, -0.25) is 9.59 Å². The van der Waals surface area contributed by atoms with Crippen LogP contribution in [-0.2, 0) is 19.4 Å². The van der Waals surface area contributed by atoms with Gasteiger partial charge in [0.25, 0.3) is 0 Å². The fourth-order valence-corrected chi connectivity index (χ4v) is 8.13. The lowest BCUT2D eigenvalue weighted by atomic mass is 9.92. The highest BCUT2D eigenvalue weighted by Crippen LogP contribution is 2.40. The number of sulfone groups is 1. The summed E-state index contributed by atoms with van der Waals surface area (Å²) < 4.78 is 25.2. The lowest BCUT2D eigenvalue weighted by Gasteiger charge is -2.35. The number of aromatic nitrogens is 1. The van der Waals surface area contributed by atoms with Crippen LogP contribution in [0.25, 0.3) is 21.3 Å². The molecule has 202 valence electrons. The smallest absolute Gasteiger partial charge is 0.246 e. The molecule has 3 atom stereocenters. The van der Waals surface area contributed by atoms with Gasteiger partial charge in [0.05, 0.1) is 33.8 Å². The van der Waals surface area contributed by atoms with Crippen molar-refractivity contribution in [3.63, 3.8) is 0 Å². The van der Waals surface area contributed by atoms with Crippen LogP contribution in [-0.4, -0.2) is 67.3 Å². The van der Waals surface area contributed by atoms with Crippen molar-refractivity contribution in [3.8, 4) is 11.1 Å². The number of nitrogens with one attached hydrogen (secondary N) is 2. The standard InChI is InChI=1S/C28H34N4O4S2/c1-18(29-2)26(33)30-24(20-13-16-38(35,36)17-14-20)28(34)32-15-7-11-22(32)27-31-25-21(10-6-12-23(25)37-27)19-8-4-3-5-9-19/h3-6,8-10,12,18,20,22,24,29H,7,11,13-17H2,1-2H3,(H,30,33)/t18-,22-,24-/m0/s1. The summed E-state index contributed by atoms with van der Waals surface area (Å²) in [6.45, 7) is 2.33. The summed E-state index contributed by atoms with van der Waals surface area (Å²) in [7, 11) is -1.40. The number of hydrogen-bond donors (Lipinski definition) is 2. The van der Waals surface area contributed by atoms with Crippen molar-refractivity contribution in [1.82, 2.24) is 20.5 Å². The first kappa shape index (κ1) is 26.8. The minimum atomic E-state index is -3.10. The van der Waals surface area contributed by atoms with Crippen molar-refractivity contribution in [1.29, 1.82) is 0 Å². The fraction of sp³-hybridized carbons (Fsp3) is 0.464. The molecule has 2 aromatic carbocycles. The van der Waals surface area contributed by atoms with Crippen LogP contribution >= 0.6 is 11.3 Å². The number of likely N-dealkylation sites (N-methyl/N-ethyl adjacent to an activating group) is 1. The van der Waals surface area contributed by atoms with Gasteiger partial charge in [-0.2, -0.15) is 0 Å². The van der Waals surface area contributed by atoms with E-state index in [0.29, 0.717) is 19.4 Å². The van der Waals surface area contributed by atoms with Gasteiger partial charge in [0.15, 0.2) is 0 Å². The predicted octanol–water partition coefficient (Wildman–Crippen LogP) is 3.54. The van der Waals surface area contributed by atoms with Gasteiger partial charge in [-0.15, -0.1) is 11.3 Å². The Balaban J connectivity index is 1.44. The lowest BCUT2D eigenvalue weighted by Crippen LogP contribution is -2.56. The highest BCUT2D eigenvalue weighted by Gasteiger charge is 2.41. The largest absolute Gasteiger partial charge is 0.343 e. The third kappa shape index (κ3) is 5.48. The number of amides is 2. The summed E-state index contributed by atoms with van der Waals surface area (Å²) >= 11 is 1.61. The van der Waals surface area contributed by atoms with Gasteiger partial charge in [0.2, 0.25) is 11.8 Å². The number of carbonyl (C=O) groups is 2. The molecule has 5 rings (SSSR count). The molecule has 38 heavy (non-hydrogen) atoms. The van der Waals surface area contributed by atoms with E-state index < -0.39 is 21.9 Å². The van der Waals surface area contributed by atoms with Crippen molar-refractivity contribution >= 4 is 43.2 Å². The lowest BCUT2D eigenvalue weighted by molar-refractivity contribution is -0.139. The zero-order valence-electron chi connectivity index (χ0n) is 21.7. The molecule has 2 aliphatic heterocycles. The Morgan fingerprint density at radius 2 is 1.79 bits per heavy atom. The van der Waals surface area contributed by atoms with Crippen LogP contribution in [0.4, 0.5) is 0 Å². The fourth-order valence-electron chi connectivity index (χ4n) is 5.46. The van der Waals surface area contributed by atoms with Crippen molar-refractivity contribution in [2.24, 2.45) is 5.92 Å². The monoisotopic (exact) mass is 554 g/mol. The van der Waals surface area contributed by atoms with E-state index in [2.05, 4.69) is 34.9 Å². The van der Waals surface area contributed by atoms with Crippen LogP contribution in [0.5, 0.6) is 0 Å². The minimum Gasteiger partial charge on any atom is -0.343 e. The Morgan fingerprint density at radius 1 is 1.05 bits per heavy atom. The summed E-state index contributed by atoms with van der Waals surface area (Å²) in [6, 6.07) is 14.9. The molecule has 1 aromatic heterocycles. The number of likely N-dealkylation sites (tertiary alicyclic amines) is 1. The molecule has 2 saturated heterocycles. The summed E-state index contributed by atoms with van der Waals surface area (Å²) in [4.78, 5) is 33.8. The number of hydrogen-bond acceptors (Lipinski definition) is 7. The van der Waals surface area contributed by atoms with E-state index in [0.717, 1.165) is 39.2 Å². The van der Waals surface area contributed by atoms with E-state index in [1.807, 2.05) is 29.2 Å². The topological polar surface area (TPSA) is 108 Å². The molecule has 0 bridgehead atoms. The molecular formula is C28H34N4O4S2. The van der Waals surface area contributed by atoms with Crippen molar-refractivity contribution < 1.29 is 18.0 Å². The molecule has 0 aliphatic carbocycles. The highest BCUT2D eigenvalue weighted by atomic mass is 32.2. The zero-order chi connectivity index (χ0) is 26.9. The van der Waals surface area contributed by atoms with Gasteiger partial charge < -0.3 is 15.5 Å². The molecule has 2 N–H and O–H groups in total. The zero-order valence-corrected chi connectivity index (χ0v) is 23.4. The van der Waals surface area contributed by atoms with Gasteiger partial charge in [0.1, 0.15) is 20.9 Å². The summed E-state index contributed by atoms with van der Waals surface area (Å²) in [5.41, 5.74) is 3.10. The molecular weight excluding hydrogens is 520 g/mol. The molecule has 8 nitrogen and oxygen atoms in total. The number of para-hydroxylation sites is 1. The molecule has 2 amide bonds. The maximum atomic E-state index is 14.1. The molecule has 10 heteroatoms. The van der Waals surface area contributed by atoms with Crippen LogP contribution in [0.3, 0.4) is 0 Å². The third-order valence-corrected chi connectivity index (χ3v) is 10.6. The Kier molecular flexibility index (Phi) is 7.83. The third-order valence-electron chi connectivity index (χ3n) is 7.80. The molecule has 0 unspecified atom stereocenters. The van der Waals surface area contributed by atoms with Gasteiger partial charge >= 0.3 is 0 Å². The maximum absolute atomic E-state index is 14.1. The highest BCUT2D eigenvalue weighted by molar-refractivity contribution is 7.91. The molecule has 2 fully saturated rings. The summed E-state index contributed by atoms with van der Waals surface area (Å²) in [5, 5.41) is 6.79. The predicted molar refractivity (Wildman–Crippen MR) is 151 cm³/mol. The summed E-state index contributed by atoms with van der Waals surface area (Å²) in [6.07, 6.45) is 2.39. The number of carbonyl (C=O) groups excluding carboxylic acids is 2. The second-order valence-electron chi connectivity index (χ2n) is 10.2. The molecule has 0 radical (unpaired) electrons. The minimum absolute atomic E-state index is 0.0441. The van der Waals surface area contributed by atoms with E-state index in [1.54, 1.807) is 25.3 Å². The van der Waals surface area contributed by atoms with Crippen LogP contribution in [0, 0.1) is 5.92 Å². The van der Waals surface area contributed by atoms with E-state index in [1.165, 1.54) is 0 Å². The maximum Gasteiger partial charge on any atom is 0.246 e. The van der Waals surface area contributed by atoms with E-state index in [-0.39, 0.29) is 35.3 Å². The molecule has 0 saturated carbocycles. The van der Waals surface area contributed by atoms with Gasteiger partial charge in [-0.1, -0.05) is 42.5 Å². The second kappa shape index (κ2) is 11.1. The Hall–Kier alpha value is -2.82. The summed E-state index contributed by atoms with van der Waals surface area (Å²) in [5.74, 6) is -0.538. The SMILES string of the molecule is CN[C@@H](C)C(=O)N[C@H](C(=O)N1CCC[C@H]1c1nc2c(-c3ccccc3)cccc2s1)C1CCS(=O)(=O)CC1. The number of nitrogens with zero attached hydrogens (tertiary/aromatic N) is 2. The Bertz CT molecular complexity index is 1410. The number of thiazole rings is 1. The van der Waals surface area contributed by atoms with Crippen LogP contribution in [0.1, 0.15) is 43.7 Å². The van der Waals surface area contributed by atoms with Gasteiger partial charge in [-0.25, -0.2) is 13.4 Å². The average molecular weight is 555 g/mol. The van der Waals surface area contributed by atoms with Crippen LogP contribution < -0.4 is 10.6 Å². The average Bonchev–Trinajstić information content (AvgIpc) is 3.58. The number of fused-ring (bicyclic) bond motifs is 1. The van der Waals surface area contributed by atoms with Gasteiger partial charge in [-0.05, 0) is 57.2 Å². The van der Waals surface area contributed by atoms with Crippen LogP contribution in [0.2, 0.25) is 0 Å². The first-order valence-electron chi connectivity index (χ1n) is 13.2. The van der Waals surface area contributed by atoms with Gasteiger partial charge in [0, 0.05) is 12.1 Å². The molecule has 0 spiro atoms. The molecule has 2 aliphatic rings. The second-order valence-corrected chi connectivity index (χ2v) is 13.6. The molecule has 3 heterocycles. The quantitative estimate of drug-likeness (QED) is 0.463. The van der Waals surface area contributed by atoms with Crippen molar-refractivity contribution in [2.75, 3.05) is 25.1 Å². The normalized spacial score (nSPS) is 21.3. The van der Waals surface area contributed by atoms with Crippen molar-refractivity contribution in [3.05, 3.63) is 53.5 Å². The van der Waals surface area contributed by atoms with Crippen molar-refractivity contribution in [2.45, 2.75) is 50.7 Å². The Morgan fingerprint density at radius 3 is 2.50 bits per heavy atom. The molecule has 3 aromatic rings. The number of benzene rings is 2. The first-order valence-corrected chi connectivity index (χ1v) is 15.8.